The van der Waals surface area contributed by atoms with Crippen LogP contribution in [0.5, 0.6) is 0 Å². The van der Waals surface area contributed by atoms with Gasteiger partial charge >= 0.3 is 0 Å². The van der Waals surface area contributed by atoms with Gasteiger partial charge in [-0.1, -0.05) is 18.2 Å². The highest BCUT2D eigenvalue weighted by molar-refractivity contribution is 7.98. The van der Waals surface area contributed by atoms with E-state index >= 15 is 0 Å². The lowest BCUT2D eigenvalue weighted by Crippen LogP contribution is -1.98. The van der Waals surface area contributed by atoms with Gasteiger partial charge in [-0.2, -0.15) is 5.10 Å². The van der Waals surface area contributed by atoms with Crippen LogP contribution in [0.3, 0.4) is 0 Å². The summed E-state index contributed by atoms with van der Waals surface area (Å²) in [6.07, 6.45) is 5.63. The third-order valence-electron chi connectivity index (χ3n) is 3.41. The van der Waals surface area contributed by atoms with Crippen molar-refractivity contribution >= 4 is 17.6 Å². The summed E-state index contributed by atoms with van der Waals surface area (Å²) in [7, 11) is 1.86. The van der Waals surface area contributed by atoms with Gasteiger partial charge in [0.25, 0.3) is 0 Å². The molecular weight excluding hydrogens is 280 g/mol. The maximum Gasteiger partial charge on any atom is 0.129 e. The SMILES string of the molecule is CSc1ccc(-c2nn(C)c(N)c2-c2cccnc2)cc1. The number of anilines is 1. The van der Waals surface area contributed by atoms with Crippen LogP contribution in [0.2, 0.25) is 0 Å². The molecule has 3 rings (SSSR count). The molecular formula is C16H16N4S. The van der Waals surface area contributed by atoms with Crippen LogP contribution in [-0.2, 0) is 7.05 Å². The van der Waals surface area contributed by atoms with Gasteiger partial charge in [0.1, 0.15) is 11.5 Å². The van der Waals surface area contributed by atoms with E-state index in [1.165, 1.54) is 4.90 Å². The first kappa shape index (κ1) is 13.7. The van der Waals surface area contributed by atoms with Gasteiger partial charge in [-0.3, -0.25) is 9.67 Å². The molecule has 2 N–H and O–H groups in total. The fourth-order valence-electron chi connectivity index (χ4n) is 2.28. The lowest BCUT2D eigenvalue weighted by molar-refractivity contribution is 0.782. The van der Waals surface area contributed by atoms with Crippen LogP contribution in [0.4, 0.5) is 5.82 Å². The summed E-state index contributed by atoms with van der Waals surface area (Å²) < 4.78 is 1.71. The Morgan fingerprint density at radius 2 is 1.86 bits per heavy atom. The predicted octanol–water partition coefficient (Wildman–Crippen LogP) is 3.45. The Bertz CT molecular complexity index is 748. The van der Waals surface area contributed by atoms with Crippen molar-refractivity contribution in [2.45, 2.75) is 4.90 Å². The average molecular weight is 296 g/mol. The summed E-state index contributed by atoms with van der Waals surface area (Å²) in [4.78, 5) is 5.41. The second-order valence-electron chi connectivity index (χ2n) is 4.70. The van der Waals surface area contributed by atoms with Gasteiger partial charge in [-0.25, -0.2) is 0 Å². The molecule has 106 valence electrons. The first-order valence-corrected chi connectivity index (χ1v) is 7.80. The zero-order chi connectivity index (χ0) is 14.8. The largest absolute Gasteiger partial charge is 0.383 e. The van der Waals surface area contributed by atoms with Gasteiger partial charge < -0.3 is 5.73 Å². The average Bonchev–Trinajstić information content (AvgIpc) is 2.84. The Hall–Kier alpha value is -2.27. The first-order chi connectivity index (χ1) is 10.2. The molecule has 2 heterocycles. The second-order valence-corrected chi connectivity index (χ2v) is 5.58. The minimum atomic E-state index is 0.645. The molecule has 0 radical (unpaired) electrons. The van der Waals surface area contributed by atoms with E-state index in [9.17, 15) is 0 Å². The van der Waals surface area contributed by atoms with Crippen LogP contribution in [0.1, 0.15) is 0 Å². The van der Waals surface area contributed by atoms with E-state index in [1.54, 1.807) is 22.6 Å². The van der Waals surface area contributed by atoms with Crippen LogP contribution < -0.4 is 5.73 Å². The highest BCUT2D eigenvalue weighted by Crippen LogP contribution is 2.35. The number of benzene rings is 1. The minimum absolute atomic E-state index is 0.645. The van der Waals surface area contributed by atoms with E-state index in [-0.39, 0.29) is 0 Å². The molecule has 21 heavy (non-hydrogen) atoms. The van der Waals surface area contributed by atoms with Gasteiger partial charge in [0.05, 0.1) is 5.56 Å². The van der Waals surface area contributed by atoms with Crippen LogP contribution in [0.25, 0.3) is 22.4 Å². The summed E-state index contributed by atoms with van der Waals surface area (Å²) in [5, 5.41) is 4.57. The van der Waals surface area contributed by atoms with Crippen LogP contribution in [-0.4, -0.2) is 21.0 Å². The van der Waals surface area contributed by atoms with Gasteiger partial charge in [0, 0.05) is 35.5 Å². The standard InChI is InChI=1S/C16H16N4S/c1-20-16(17)14(12-4-3-9-18-10-12)15(19-20)11-5-7-13(21-2)8-6-11/h3-10H,17H2,1-2H3. The summed E-state index contributed by atoms with van der Waals surface area (Å²) in [5.74, 6) is 0.645. The third kappa shape index (κ3) is 2.52. The van der Waals surface area contributed by atoms with Gasteiger partial charge in [0.2, 0.25) is 0 Å². The predicted molar refractivity (Wildman–Crippen MR) is 88.1 cm³/mol. The fraction of sp³-hybridized carbons (Fsp3) is 0.125. The van der Waals surface area contributed by atoms with Crippen molar-refractivity contribution in [2.24, 2.45) is 7.05 Å². The van der Waals surface area contributed by atoms with Crippen molar-refractivity contribution in [3.05, 3.63) is 48.8 Å². The van der Waals surface area contributed by atoms with Crippen molar-refractivity contribution in [3.8, 4) is 22.4 Å². The summed E-state index contributed by atoms with van der Waals surface area (Å²) in [5.41, 5.74) is 10.0. The molecule has 0 spiro atoms. The van der Waals surface area contributed by atoms with Crippen LogP contribution in [0.15, 0.2) is 53.7 Å². The number of nitrogen functional groups attached to an aromatic ring is 1. The number of pyridine rings is 1. The monoisotopic (exact) mass is 296 g/mol. The molecule has 0 atom stereocenters. The lowest BCUT2D eigenvalue weighted by Gasteiger charge is -2.04. The molecule has 0 aliphatic carbocycles. The molecule has 0 aliphatic heterocycles. The van der Waals surface area contributed by atoms with E-state index in [0.717, 1.165) is 22.4 Å². The Labute approximate surface area is 128 Å². The maximum atomic E-state index is 6.20. The summed E-state index contributed by atoms with van der Waals surface area (Å²) in [6.45, 7) is 0. The molecule has 5 heteroatoms. The van der Waals surface area contributed by atoms with E-state index in [0.29, 0.717) is 5.82 Å². The highest BCUT2D eigenvalue weighted by atomic mass is 32.2. The number of nitrogens with zero attached hydrogens (tertiary/aromatic N) is 3. The summed E-state index contributed by atoms with van der Waals surface area (Å²) in [6, 6.07) is 12.2. The van der Waals surface area contributed by atoms with E-state index in [2.05, 4.69) is 40.6 Å². The number of rotatable bonds is 3. The molecule has 0 aliphatic rings. The topological polar surface area (TPSA) is 56.7 Å². The van der Waals surface area contributed by atoms with Gasteiger partial charge in [-0.05, 0) is 24.5 Å². The molecule has 4 nitrogen and oxygen atoms in total. The van der Waals surface area contributed by atoms with Crippen molar-refractivity contribution in [2.75, 3.05) is 12.0 Å². The van der Waals surface area contributed by atoms with Crippen molar-refractivity contribution in [1.82, 2.24) is 14.8 Å². The van der Waals surface area contributed by atoms with Crippen LogP contribution >= 0.6 is 11.8 Å². The number of aromatic nitrogens is 3. The maximum absolute atomic E-state index is 6.20. The number of hydrogen-bond donors (Lipinski definition) is 1. The number of thioether (sulfide) groups is 1. The first-order valence-electron chi connectivity index (χ1n) is 6.58. The normalized spacial score (nSPS) is 10.8. The Morgan fingerprint density at radius 1 is 1.10 bits per heavy atom. The zero-order valence-electron chi connectivity index (χ0n) is 11.9. The second kappa shape index (κ2) is 5.61. The minimum Gasteiger partial charge on any atom is -0.383 e. The Morgan fingerprint density at radius 3 is 2.48 bits per heavy atom. The molecule has 0 saturated carbocycles. The van der Waals surface area contributed by atoms with Crippen molar-refractivity contribution in [1.29, 1.82) is 0 Å². The molecule has 2 aromatic heterocycles. The van der Waals surface area contributed by atoms with E-state index < -0.39 is 0 Å². The van der Waals surface area contributed by atoms with Gasteiger partial charge in [0.15, 0.2) is 0 Å². The third-order valence-corrected chi connectivity index (χ3v) is 4.15. The van der Waals surface area contributed by atoms with E-state index in [1.807, 2.05) is 25.4 Å². The summed E-state index contributed by atoms with van der Waals surface area (Å²) >= 11 is 1.72. The Balaban J connectivity index is 2.16. The lowest BCUT2D eigenvalue weighted by atomic mass is 10.0. The number of aryl methyl sites for hydroxylation is 1. The van der Waals surface area contributed by atoms with Gasteiger partial charge in [-0.15, -0.1) is 11.8 Å². The highest BCUT2D eigenvalue weighted by Gasteiger charge is 2.17. The molecule has 0 unspecified atom stereocenters. The quantitative estimate of drug-likeness (QED) is 0.752. The molecule has 0 amide bonds. The molecule has 0 bridgehead atoms. The zero-order valence-corrected chi connectivity index (χ0v) is 12.8. The molecule has 0 fully saturated rings. The fourth-order valence-corrected chi connectivity index (χ4v) is 2.69. The van der Waals surface area contributed by atoms with Crippen molar-refractivity contribution in [3.63, 3.8) is 0 Å². The number of nitrogens with two attached hydrogens (primary N) is 1. The Kier molecular flexibility index (Phi) is 3.66. The van der Waals surface area contributed by atoms with Crippen molar-refractivity contribution < 1.29 is 0 Å². The molecule has 0 saturated heterocycles. The molecule has 3 aromatic rings. The smallest absolute Gasteiger partial charge is 0.129 e. The van der Waals surface area contributed by atoms with Crippen LogP contribution in [0, 0.1) is 0 Å². The van der Waals surface area contributed by atoms with E-state index in [4.69, 9.17) is 5.73 Å². The molecule has 1 aromatic carbocycles. The number of hydrogen-bond acceptors (Lipinski definition) is 4.